The molecule has 3 aliphatic rings. The number of hydrogen-bond donors (Lipinski definition) is 0. The van der Waals surface area contributed by atoms with E-state index in [1.807, 2.05) is 0 Å². The van der Waals surface area contributed by atoms with Crippen LogP contribution in [-0.2, 0) is 16.2 Å². The Morgan fingerprint density at radius 3 is 1.33 bits per heavy atom. The fourth-order valence-corrected chi connectivity index (χ4v) is 11.4. The number of para-hydroxylation sites is 1. The van der Waals surface area contributed by atoms with Crippen molar-refractivity contribution in [2.24, 2.45) is 0 Å². The van der Waals surface area contributed by atoms with Crippen LogP contribution in [0.4, 0.5) is 0 Å². The third kappa shape index (κ3) is 4.32. The first kappa shape index (κ1) is 33.7. The molecule has 3 aliphatic carbocycles. The lowest BCUT2D eigenvalue weighted by Gasteiger charge is -2.24. The lowest BCUT2D eigenvalue weighted by molar-refractivity contribution is 0.660. The highest BCUT2D eigenvalue weighted by atomic mass is 15.0. The van der Waals surface area contributed by atoms with Gasteiger partial charge in [0, 0.05) is 32.7 Å². The molecule has 1 heteroatoms. The zero-order valence-corrected chi connectivity index (χ0v) is 34.0. The highest BCUT2D eigenvalue weighted by molar-refractivity contribution is 6.14. The average Bonchev–Trinajstić information content (AvgIpc) is 3.86. The van der Waals surface area contributed by atoms with Gasteiger partial charge >= 0.3 is 0 Å². The van der Waals surface area contributed by atoms with Gasteiger partial charge in [0.1, 0.15) is 0 Å². The minimum absolute atomic E-state index is 0.0342. The smallest absolute Gasteiger partial charge is 0.0588 e. The molecule has 0 spiro atoms. The lowest BCUT2D eigenvalue weighted by atomic mass is 9.80. The van der Waals surface area contributed by atoms with Gasteiger partial charge in [0.05, 0.1) is 11.0 Å². The molecule has 1 nitrogen and oxygen atoms in total. The Morgan fingerprint density at radius 2 is 0.759 bits per heavy atom. The number of rotatable bonds is 3. The van der Waals surface area contributed by atoms with Crippen LogP contribution in [0.1, 0.15) is 74.9 Å². The summed E-state index contributed by atoms with van der Waals surface area (Å²) in [4.78, 5) is 0. The van der Waals surface area contributed by atoms with Crippen molar-refractivity contribution in [1.29, 1.82) is 0 Å². The molecular weight excluding hydrogens is 699 g/mol. The molecule has 0 amide bonds. The van der Waals surface area contributed by atoms with Crippen molar-refractivity contribution in [2.75, 3.05) is 0 Å². The largest absolute Gasteiger partial charge is 0.309 e. The second-order valence-electron chi connectivity index (χ2n) is 18.5. The standard InChI is InChI=1S/C57H45N/c1-55(2)47-18-12-10-16-39(47)41-24-20-35(31-49(41)55)34-23-29-52-46(30-34)45-28-27-44-43-26-22-37(36-21-25-42-40-17-11-13-19-48(40)56(3,4)50(42)32-36)33-51(43)57(5,6)53(44)54(45)58(52)38-14-8-7-9-15-38/h7-33H,1-6H3. The second kappa shape index (κ2) is 11.4. The first-order valence-corrected chi connectivity index (χ1v) is 20.8. The normalized spacial score (nSPS) is 15.8. The van der Waals surface area contributed by atoms with Crippen molar-refractivity contribution in [3.63, 3.8) is 0 Å². The van der Waals surface area contributed by atoms with E-state index in [2.05, 4.69) is 210 Å². The first-order chi connectivity index (χ1) is 28.0. The van der Waals surface area contributed by atoms with Gasteiger partial charge in [-0.2, -0.15) is 0 Å². The summed E-state index contributed by atoms with van der Waals surface area (Å²) in [5.41, 5.74) is 25.1. The van der Waals surface area contributed by atoms with E-state index in [1.54, 1.807) is 0 Å². The lowest BCUT2D eigenvalue weighted by Crippen LogP contribution is -2.17. The highest BCUT2D eigenvalue weighted by Crippen LogP contribution is 2.55. The van der Waals surface area contributed by atoms with Crippen molar-refractivity contribution in [3.8, 4) is 61.3 Å². The van der Waals surface area contributed by atoms with E-state index in [1.165, 1.54) is 117 Å². The van der Waals surface area contributed by atoms with Gasteiger partial charge in [0.2, 0.25) is 0 Å². The Balaban J connectivity index is 1.02. The number of hydrogen-bond acceptors (Lipinski definition) is 0. The number of fused-ring (bicyclic) bond motifs is 13. The number of nitrogens with zero attached hydrogens (tertiary/aromatic N) is 1. The Morgan fingerprint density at radius 1 is 0.328 bits per heavy atom. The summed E-state index contributed by atoms with van der Waals surface area (Å²) in [7, 11) is 0. The molecule has 0 saturated carbocycles. The summed E-state index contributed by atoms with van der Waals surface area (Å²) in [6, 6.07) is 62.2. The van der Waals surface area contributed by atoms with Gasteiger partial charge in [-0.15, -0.1) is 0 Å². The van der Waals surface area contributed by atoms with Crippen molar-refractivity contribution >= 4 is 21.8 Å². The van der Waals surface area contributed by atoms with Crippen LogP contribution in [0, 0.1) is 0 Å². The van der Waals surface area contributed by atoms with Crippen LogP contribution in [0.3, 0.4) is 0 Å². The molecule has 8 aromatic carbocycles. The molecule has 1 heterocycles. The van der Waals surface area contributed by atoms with E-state index in [9.17, 15) is 0 Å². The van der Waals surface area contributed by atoms with E-state index in [0.717, 1.165) is 0 Å². The van der Waals surface area contributed by atoms with Crippen LogP contribution in [0.2, 0.25) is 0 Å². The van der Waals surface area contributed by atoms with Gasteiger partial charge < -0.3 is 4.57 Å². The van der Waals surface area contributed by atoms with E-state index in [0.29, 0.717) is 0 Å². The molecule has 278 valence electrons. The highest BCUT2D eigenvalue weighted by Gasteiger charge is 2.40. The number of benzene rings is 8. The third-order valence-corrected chi connectivity index (χ3v) is 14.4. The van der Waals surface area contributed by atoms with Gasteiger partial charge in [0.25, 0.3) is 0 Å². The first-order valence-electron chi connectivity index (χ1n) is 20.8. The van der Waals surface area contributed by atoms with Crippen molar-refractivity contribution in [3.05, 3.63) is 197 Å². The summed E-state index contributed by atoms with van der Waals surface area (Å²) in [6.45, 7) is 14.4. The quantitative estimate of drug-likeness (QED) is 0.170. The molecule has 0 bridgehead atoms. The van der Waals surface area contributed by atoms with E-state index in [4.69, 9.17) is 0 Å². The molecule has 9 aromatic rings. The minimum Gasteiger partial charge on any atom is -0.309 e. The molecule has 0 aliphatic heterocycles. The van der Waals surface area contributed by atoms with Crippen LogP contribution in [0.5, 0.6) is 0 Å². The maximum absolute atomic E-state index is 2.53. The topological polar surface area (TPSA) is 4.93 Å². The molecule has 1 aromatic heterocycles. The van der Waals surface area contributed by atoms with Gasteiger partial charge in [-0.05, 0) is 131 Å². The molecule has 0 fully saturated rings. The van der Waals surface area contributed by atoms with Crippen molar-refractivity contribution < 1.29 is 0 Å². The summed E-state index contributed by atoms with van der Waals surface area (Å²) in [5.74, 6) is 0. The summed E-state index contributed by atoms with van der Waals surface area (Å²) in [6.07, 6.45) is 0. The molecule has 0 saturated heterocycles. The van der Waals surface area contributed by atoms with E-state index < -0.39 is 0 Å². The van der Waals surface area contributed by atoms with Gasteiger partial charge in [-0.1, -0.05) is 163 Å². The van der Waals surface area contributed by atoms with Gasteiger partial charge in [-0.25, -0.2) is 0 Å². The van der Waals surface area contributed by atoms with Crippen LogP contribution in [-0.4, -0.2) is 4.57 Å². The molecule has 0 radical (unpaired) electrons. The predicted molar refractivity (Wildman–Crippen MR) is 244 cm³/mol. The predicted octanol–water partition coefficient (Wildman–Crippen LogP) is 15.0. The number of aromatic nitrogens is 1. The molecule has 12 rings (SSSR count). The van der Waals surface area contributed by atoms with Crippen LogP contribution >= 0.6 is 0 Å². The van der Waals surface area contributed by atoms with Crippen LogP contribution in [0.15, 0.2) is 164 Å². The molecule has 0 N–H and O–H groups in total. The zero-order valence-electron chi connectivity index (χ0n) is 34.0. The third-order valence-electron chi connectivity index (χ3n) is 14.4. The Bertz CT molecular complexity index is 3240. The molecule has 0 atom stereocenters. The van der Waals surface area contributed by atoms with Crippen LogP contribution < -0.4 is 0 Å². The maximum Gasteiger partial charge on any atom is 0.0588 e. The molecule has 0 unspecified atom stereocenters. The fourth-order valence-electron chi connectivity index (χ4n) is 11.4. The summed E-state index contributed by atoms with van der Waals surface area (Å²) < 4.78 is 2.53. The maximum atomic E-state index is 2.53. The molecule has 58 heavy (non-hydrogen) atoms. The zero-order chi connectivity index (χ0) is 39.3. The Labute approximate surface area is 341 Å². The summed E-state index contributed by atoms with van der Waals surface area (Å²) in [5, 5.41) is 2.59. The van der Waals surface area contributed by atoms with Crippen molar-refractivity contribution in [1.82, 2.24) is 4.57 Å². The Hall–Kier alpha value is -6.44. The van der Waals surface area contributed by atoms with Gasteiger partial charge in [0.15, 0.2) is 0 Å². The second-order valence-corrected chi connectivity index (χ2v) is 18.5. The molecular formula is C57H45N. The fraction of sp³-hybridized carbons (Fsp3) is 0.158. The SMILES string of the molecule is CC1(C)c2ccccc2-c2ccc(-c3ccc4c(c3)C(C)(C)c3c-4ccc4c5cc(-c6ccc7c(c6)C(C)(C)c6ccccc6-7)ccc5n(-c5ccccc5)c34)cc21. The summed E-state index contributed by atoms with van der Waals surface area (Å²) >= 11 is 0. The average molecular weight is 744 g/mol. The minimum atomic E-state index is -0.225. The van der Waals surface area contributed by atoms with E-state index in [-0.39, 0.29) is 16.2 Å². The van der Waals surface area contributed by atoms with Crippen LogP contribution in [0.25, 0.3) is 83.1 Å². The van der Waals surface area contributed by atoms with Gasteiger partial charge in [-0.3, -0.25) is 0 Å². The Kier molecular flexibility index (Phi) is 6.60. The monoisotopic (exact) mass is 743 g/mol. The van der Waals surface area contributed by atoms with E-state index >= 15 is 0 Å². The van der Waals surface area contributed by atoms with Crippen molar-refractivity contribution in [2.45, 2.75) is 57.8 Å².